The van der Waals surface area contributed by atoms with E-state index in [4.69, 9.17) is 14.0 Å². The van der Waals surface area contributed by atoms with Crippen LogP contribution in [-0.2, 0) is 0 Å². The molecule has 0 saturated carbocycles. The number of pyridine rings is 1. The van der Waals surface area contributed by atoms with E-state index >= 15 is 0 Å². The van der Waals surface area contributed by atoms with E-state index in [-0.39, 0.29) is 12.1 Å². The van der Waals surface area contributed by atoms with Gasteiger partial charge in [-0.2, -0.15) is 4.98 Å². The van der Waals surface area contributed by atoms with E-state index in [1.807, 2.05) is 38.1 Å². The molecule has 0 bridgehead atoms. The van der Waals surface area contributed by atoms with Crippen LogP contribution in [-0.4, -0.2) is 40.4 Å². The standard InChI is InChI=1S/C21H23N5O4/c1-13(2)29-18-12-15(8-9-22-18)19-24-20(30-25-19)14(3)23-21(27)26-10-11-28-17-7-5-4-6-16(17)26/h4-9,12-14H,10-11H2,1-3H3,(H,23,27)/t14-/m0/s1. The molecular formula is C21H23N5O4. The minimum atomic E-state index is -0.470. The smallest absolute Gasteiger partial charge is 0.322 e. The maximum Gasteiger partial charge on any atom is 0.322 e. The largest absolute Gasteiger partial charge is 0.490 e. The summed E-state index contributed by atoms with van der Waals surface area (Å²) in [6.07, 6.45) is 1.64. The quantitative estimate of drug-likeness (QED) is 0.687. The Hall–Kier alpha value is -3.62. The molecule has 0 fully saturated rings. The number of urea groups is 1. The monoisotopic (exact) mass is 409 g/mol. The number of ether oxygens (including phenoxy) is 2. The highest BCUT2D eigenvalue weighted by Gasteiger charge is 2.26. The fourth-order valence-electron chi connectivity index (χ4n) is 3.09. The molecule has 0 radical (unpaired) electrons. The molecule has 0 aliphatic carbocycles. The topological polar surface area (TPSA) is 103 Å². The first kappa shape index (κ1) is 19.7. The Morgan fingerprint density at radius 3 is 2.90 bits per heavy atom. The van der Waals surface area contributed by atoms with Crippen LogP contribution in [0.15, 0.2) is 47.1 Å². The van der Waals surface area contributed by atoms with Crippen molar-refractivity contribution in [1.29, 1.82) is 0 Å². The van der Waals surface area contributed by atoms with Crippen LogP contribution in [0, 0.1) is 0 Å². The highest BCUT2D eigenvalue weighted by Crippen LogP contribution is 2.31. The number of rotatable bonds is 5. The normalized spacial score (nSPS) is 14.1. The highest BCUT2D eigenvalue weighted by atomic mass is 16.5. The van der Waals surface area contributed by atoms with Crippen LogP contribution < -0.4 is 19.7 Å². The number of amides is 2. The second-order valence-corrected chi connectivity index (χ2v) is 7.14. The molecule has 1 N–H and O–H groups in total. The summed E-state index contributed by atoms with van der Waals surface area (Å²) >= 11 is 0. The molecule has 156 valence electrons. The number of nitrogens with one attached hydrogen (secondary N) is 1. The van der Waals surface area contributed by atoms with E-state index in [1.165, 1.54) is 0 Å². The zero-order valence-corrected chi connectivity index (χ0v) is 17.0. The highest BCUT2D eigenvalue weighted by molar-refractivity contribution is 5.94. The average Bonchev–Trinajstić information content (AvgIpc) is 3.23. The molecule has 0 saturated heterocycles. The molecule has 2 amide bonds. The van der Waals surface area contributed by atoms with Gasteiger partial charge in [-0.25, -0.2) is 9.78 Å². The van der Waals surface area contributed by atoms with E-state index in [9.17, 15) is 4.79 Å². The molecule has 9 nitrogen and oxygen atoms in total. The maximum atomic E-state index is 12.8. The number of carbonyl (C=O) groups excluding carboxylic acids is 1. The summed E-state index contributed by atoms with van der Waals surface area (Å²) in [4.78, 5) is 23.1. The van der Waals surface area contributed by atoms with Gasteiger partial charge in [-0.05, 0) is 39.0 Å². The first-order chi connectivity index (χ1) is 14.5. The predicted octanol–water partition coefficient (Wildman–Crippen LogP) is 3.59. The van der Waals surface area contributed by atoms with Crippen LogP contribution in [0.4, 0.5) is 10.5 Å². The molecule has 1 aromatic carbocycles. The van der Waals surface area contributed by atoms with E-state index in [0.717, 1.165) is 11.3 Å². The molecule has 9 heteroatoms. The van der Waals surface area contributed by atoms with E-state index in [2.05, 4.69) is 20.4 Å². The number of hydrogen-bond donors (Lipinski definition) is 1. The van der Waals surface area contributed by atoms with Crippen LogP contribution in [0.25, 0.3) is 11.4 Å². The third kappa shape index (κ3) is 4.19. The van der Waals surface area contributed by atoms with Gasteiger partial charge in [0.25, 0.3) is 0 Å². The summed E-state index contributed by atoms with van der Waals surface area (Å²) in [5.74, 6) is 1.88. The van der Waals surface area contributed by atoms with Crippen LogP contribution >= 0.6 is 0 Å². The van der Waals surface area contributed by atoms with Crippen LogP contribution in [0.3, 0.4) is 0 Å². The minimum absolute atomic E-state index is 0.00846. The molecule has 1 aliphatic rings. The first-order valence-corrected chi connectivity index (χ1v) is 9.78. The van der Waals surface area contributed by atoms with Crippen LogP contribution in [0.1, 0.15) is 32.7 Å². The molecular weight excluding hydrogens is 386 g/mol. The Morgan fingerprint density at radius 2 is 2.07 bits per heavy atom. The van der Waals surface area contributed by atoms with Gasteiger partial charge in [-0.3, -0.25) is 4.90 Å². The van der Waals surface area contributed by atoms with Crippen molar-refractivity contribution >= 4 is 11.7 Å². The Kier molecular flexibility index (Phi) is 5.51. The molecule has 0 unspecified atom stereocenters. The lowest BCUT2D eigenvalue weighted by Crippen LogP contribution is -2.45. The number of fused-ring (bicyclic) bond motifs is 1. The Bertz CT molecular complexity index is 1040. The molecule has 4 rings (SSSR count). The number of benzene rings is 1. The van der Waals surface area contributed by atoms with Gasteiger partial charge in [-0.15, -0.1) is 0 Å². The lowest BCUT2D eigenvalue weighted by molar-refractivity contribution is 0.232. The summed E-state index contributed by atoms with van der Waals surface area (Å²) in [6, 6.07) is 10.2. The number of hydrogen-bond acceptors (Lipinski definition) is 7. The van der Waals surface area contributed by atoms with Crippen LogP contribution in [0.2, 0.25) is 0 Å². The summed E-state index contributed by atoms with van der Waals surface area (Å²) < 4.78 is 16.6. The average molecular weight is 409 g/mol. The van der Waals surface area contributed by atoms with Gasteiger partial charge in [0.1, 0.15) is 18.4 Å². The number of nitrogens with zero attached hydrogens (tertiary/aromatic N) is 4. The number of aromatic nitrogens is 3. The van der Waals surface area contributed by atoms with E-state index in [0.29, 0.717) is 36.5 Å². The molecule has 1 aliphatic heterocycles. The van der Waals surface area contributed by atoms with Crippen molar-refractivity contribution in [3.8, 4) is 23.0 Å². The number of anilines is 1. The van der Waals surface area contributed by atoms with E-state index < -0.39 is 6.04 Å². The second kappa shape index (κ2) is 8.40. The van der Waals surface area contributed by atoms with Gasteiger partial charge >= 0.3 is 6.03 Å². The molecule has 3 aromatic rings. The Morgan fingerprint density at radius 1 is 1.23 bits per heavy atom. The van der Waals surface area contributed by atoms with Crippen molar-refractivity contribution in [2.45, 2.75) is 32.9 Å². The second-order valence-electron chi connectivity index (χ2n) is 7.14. The van der Waals surface area contributed by atoms with Crippen molar-refractivity contribution in [2.24, 2.45) is 0 Å². The fraction of sp³-hybridized carbons (Fsp3) is 0.333. The van der Waals surface area contributed by atoms with Gasteiger partial charge in [0.2, 0.25) is 17.6 Å². The Labute approximate surface area is 174 Å². The van der Waals surface area contributed by atoms with Gasteiger partial charge in [0.15, 0.2) is 0 Å². The van der Waals surface area contributed by atoms with Crippen molar-refractivity contribution in [2.75, 3.05) is 18.1 Å². The maximum absolute atomic E-state index is 12.8. The SMILES string of the molecule is CC(C)Oc1cc(-c2noc([C@H](C)NC(=O)N3CCOc4ccccc43)n2)ccn1. The van der Waals surface area contributed by atoms with E-state index in [1.54, 1.807) is 30.2 Å². The zero-order chi connectivity index (χ0) is 21.1. The minimum Gasteiger partial charge on any atom is -0.490 e. The van der Waals surface area contributed by atoms with Crippen molar-refractivity contribution < 1.29 is 18.8 Å². The van der Waals surface area contributed by atoms with Gasteiger partial charge in [-0.1, -0.05) is 17.3 Å². The molecule has 1 atom stereocenters. The molecule has 30 heavy (non-hydrogen) atoms. The fourth-order valence-corrected chi connectivity index (χ4v) is 3.09. The van der Waals surface area contributed by atoms with Gasteiger partial charge < -0.3 is 19.3 Å². The summed E-state index contributed by atoms with van der Waals surface area (Å²) in [7, 11) is 0. The summed E-state index contributed by atoms with van der Waals surface area (Å²) in [5, 5.41) is 6.94. The predicted molar refractivity (Wildman–Crippen MR) is 110 cm³/mol. The molecule has 2 aromatic heterocycles. The van der Waals surface area contributed by atoms with Crippen molar-refractivity contribution in [3.63, 3.8) is 0 Å². The zero-order valence-electron chi connectivity index (χ0n) is 17.0. The molecule has 0 spiro atoms. The third-order valence-corrected chi connectivity index (χ3v) is 4.48. The third-order valence-electron chi connectivity index (χ3n) is 4.48. The van der Waals surface area contributed by atoms with Crippen molar-refractivity contribution in [1.82, 2.24) is 20.4 Å². The lowest BCUT2D eigenvalue weighted by Gasteiger charge is -2.30. The lowest BCUT2D eigenvalue weighted by atomic mass is 10.2. The number of para-hydroxylation sites is 2. The summed E-state index contributed by atoms with van der Waals surface area (Å²) in [6.45, 7) is 6.55. The first-order valence-electron chi connectivity index (χ1n) is 9.78. The van der Waals surface area contributed by atoms with Crippen LogP contribution in [0.5, 0.6) is 11.6 Å². The molecule has 3 heterocycles. The Balaban J connectivity index is 1.46. The van der Waals surface area contributed by atoms with Gasteiger partial charge in [0, 0.05) is 17.8 Å². The summed E-state index contributed by atoms with van der Waals surface area (Å²) in [5.41, 5.74) is 1.45. The number of carbonyl (C=O) groups is 1. The van der Waals surface area contributed by atoms with Crippen molar-refractivity contribution in [3.05, 3.63) is 48.5 Å². The van der Waals surface area contributed by atoms with Gasteiger partial charge in [0.05, 0.1) is 18.3 Å².